The van der Waals surface area contributed by atoms with Gasteiger partial charge in [-0.15, -0.1) is 0 Å². The molecule has 0 saturated carbocycles. The lowest BCUT2D eigenvalue weighted by molar-refractivity contribution is 0.0731. The SMILES string of the molecule is CCc1ccc2oc(-c3ccco3)c(OC(=O)c3ccc(C)cc3)c(=O)c2c1. The van der Waals surface area contributed by atoms with E-state index in [1.807, 2.05) is 19.9 Å². The molecule has 4 aromatic rings. The topological polar surface area (TPSA) is 69.7 Å². The molecule has 5 heteroatoms. The lowest BCUT2D eigenvalue weighted by atomic mass is 10.1. The largest absolute Gasteiger partial charge is 0.461 e. The molecule has 0 fully saturated rings. The van der Waals surface area contributed by atoms with Crippen molar-refractivity contribution in [2.24, 2.45) is 0 Å². The zero-order valence-electron chi connectivity index (χ0n) is 15.5. The van der Waals surface area contributed by atoms with Gasteiger partial charge in [-0.05, 0) is 55.3 Å². The molecule has 2 aromatic carbocycles. The van der Waals surface area contributed by atoms with Crippen molar-refractivity contribution in [3.05, 3.63) is 87.8 Å². The first-order valence-electron chi connectivity index (χ1n) is 8.99. The second kappa shape index (κ2) is 7.19. The normalized spacial score (nSPS) is 10.9. The van der Waals surface area contributed by atoms with Crippen molar-refractivity contribution < 1.29 is 18.4 Å². The van der Waals surface area contributed by atoms with Gasteiger partial charge in [0.15, 0.2) is 5.76 Å². The number of rotatable bonds is 4. The predicted molar refractivity (Wildman–Crippen MR) is 106 cm³/mol. The number of aryl methyl sites for hydroxylation is 2. The third-order valence-corrected chi connectivity index (χ3v) is 4.55. The van der Waals surface area contributed by atoms with Crippen LogP contribution in [0.15, 0.2) is 74.5 Å². The highest BCUT2D eigenvalue weighted by atomic mass is 16.5. The quantitative estimate of drug-likeness (QED) is 0.463. The number of fused-ring (bicyclic) bond motifs is 1. The molecule has 140 valence electrons. The van der Waals surface area contributed by atoms with Gasteiger partial charge in [0.25, 0.3) is 0 Å². The molecule has 0 aliphatic heterocycles. The highest BCUT2D eigenvalue weighted by Crippen LogP contribution is 2.32. The van der Waals surface area contributed by atoms with Crippen LogP contribution in [0.5, 0.6) is 5.75 Å². The first-order chi connectivity index (χ1) is 13.6. The lowest BCUT2D eigenvalue weighted by Crippen LogP contribution is -2.16. The number of ether oxygens (including phenoxy) is 1. The van der Waals surface area contributed by atoms with Gasteiger partial charge >= 0.3 is 5.97 Å². The standard InChI is InChI=1S/C23H18O5/c1-3-15-8-11-18-17(13-15)20(24)22(21(27-18)19-5-4-12-26-19)28-23(25)16-9-6-14(2)7-10-16/h4-13H,3H2,1-2H3. The summed E-state index contributed by atoms with van der Waals surface area (Å²) >= 11 is 0. The van der Waals surface area contributed by atoms with Gasteiger partial charge in [0.2, 0.25) is 16.9 Å². The zero-order valence-corrected chi connectivity index (χ0v) is 15.5. The number of carbonyl (C=O) groups is 1. The van der Waals surface area contributed by atoms with E-state index in [0.717, 1.165) is 17.5 Å². The van der Waals surface area contributed by atoms with E-state index in [-0.39, 0.29) is 11.5 Å². The average Bonchev–Trinajstić information content (AvgIpc) is 3.24. The number of esters is 1. The summed E-state index contributed by atoms with van der Waals surface area (Å²) < 4.78 is 16.8. The summed E-state index contributed by atoms with van der Waals surface area (Å²) in [5, 5.41) is 0.362. The summed E-state index contributed by atoms with van der Waals surface area (Å²) in [7, 11) is 0. The summed E-state index contributed by atoms with van der Waals surface area (Å²) in [5.41, 5.74) is 2.34. The molecule has 0 N–H and O–H groups in total. The highest BCUT2D eigenvalue weighted by Gasteiger charge is 2.23. The van der Waals surface area contributed by atoms with Crippen LogP contribution in [0.1, 0.15) is 28.4 Å². The van der Waals surface area contributed by atoms with Gasteiger partial charge in [-0.1, -0.05) is 30.7 Å². The Morgan fingerprint density at radius 1 is 1.07 bits per heavy atom. The molecule has 0 aliphatic carbocycles. The monoisotopic (exact) mass is 374 g/mol. The van der Waals surface area contributed by atoms with Crippen LogP contribution in [-0.4, -0.2) is 5.97 Å². The molecular formula is C23H18O5. The zero-order chi connectivity index (χ0) is 19.7. The van der Waals surface area contributed by atoms with E-state index in [0.29, 0.717) is 22.3 Å². The maximum Gasteiger partial charge on any atom is 0.343 e. The van der Waals surface area contributed by atoms with Gasteiger partial charge in [-0.2, -0.15) is 0 Å². The van der Waals surface area contributed by atoms with Crippen LogP contribution < -0.4 is 10.2 Å². The van der Waals surface area contributed by atoms with Crippen LogP contribution >= 0.6 is 0 Å². The summed E-state index contributed by atoms with van der Waals surface area (Å²) in [6.07, 6.45) is 2.24. The molecule has 0 saturated heterocycles. The van der Waals surface area contributed by atoms with E-state index in [4.69, 9.17) is 13.6 Å². The first kappa shape index (κ1) is 17.8. The second-order valence-corrected chi connectivity index (χ2v) is 6.51. The Morgan fingerprint density at radius 3 is 2.54 bits per heavy atom. The van der Waals surface area contributed by atoms with E-state index in [9.17, 15) is 9.59 Å². The van der Waals surface area contributed by atoms with Crippen molar-refractivity contribution in [1.29, 1.82) is 0 Å². The van der Waals surface area contributed by atoms with Crippen molar-refractivity contribution in [1.82, 2.24) is 0 Å². The minimum Gasteiger partial charge on any atom is -0.461 e. The highest BCUT2D eigenvalue weighted by molar-refractivity contribution is 5.92. The van der Waals surface area contributed by atoms with Crippen molar-refractivity contribution in [3.63, 3.8) is 0 Å². The smallest absolute Gasteiger partial charge is 0.343 e. The average molecular weight is 374 g/mol. The minimum atomic E-state index is -0.633. The van der Waals surface area contributed by atoms with Gasteiger partial charge in [0.05, 0.1) is 17.2 Å². The molecule has 2 heterocycles. The molecule has 0 unspecified atom stereocenters. The van der Waals surface area contributed by atoms with Gasteiger partial charge in [0.1, 0.15) is 5.58 Å². The van der Waals surface area contributed by atoms with Gasteiger partial charge < -0.3 is 13.6 Å². The number of hydrogen-bond donors (Lipinski definition) is 0. The Kier molecular flexibility index (Phi) is 4.57. The summed E-state index contributed by atoms with van der Waals surface area (Å²) in [4.78, 5) is 25.8. The third-order valence-electron chi connectivity index (χ3n) is 4.55. The second-order valence-electron chi connectivity index (χ2n) is 6.51. The maximum absolute atomic E-state index is 13.2. The molecule has 0 aliphatic rings. The Bertz CT molecular complexity index is 1200. The minimum absolute atomic E-state index is 0.0900. The Hall–Kier alpha value is -3.60. The molecular weight excluding hydrogens is 356 g/mol. The van der Waals surface area contributed by atoms with Gasteiger partial charge in [-0.3, -0.25) is 4.79 Å². The molecule has 0 amide bonds. The molecule has 0 radical (unpaired) electrons. The van der Waals surface area contributed by atoms with Gasteiger partial charge in [0, 0.05) is 0 Å². The predicted octanol–water partition coefficient (Wildman–Crippen LogP) is 5.14. The van der Waals surface area contributed by atoms with Crippen LogP contribution in [0.25, 0.3) is 22.5 Å². The lowest BCUT2D eigenvalue weighted by Gasteiger charge is -2.10. The van der Waals surface area contributed by atoms with Crippen molar-refractivity contribution in [3.8, 4) is 17.3 Å². The molecule has 2 aromatic heterocycles. The van der Waals surface area contributed by atoms with Crippen LogP contribution in [0.4, 0.5) is 0 Å². The van der Waals surface area contributed by atoms with E-state index in [2.05, 4.69) is 0 Å². The Balaban J connectivity index is 1.88. The summed E-state index contributed by atoms with van der Waals surface area (Å²) in [6, 6.07) is 15.6. The van der Waals surface area contributed by atoms with Crippen LogP contribution in [-0.2, 0) is 6.42 Å². The van der Waals surface area contributed by atoms with Gasteiger partial charge in [-0.25, -0.2) is 4.79 Å². The molecule has 0 spiro atoms. The Labute approximate surface area is 161 Å². The van der Waals surface area contributed by atoms with E-state index in [1.165, 1.54) is 6.26 Å². The van der Waals surface area contributed by atoms with E-state index >= 15 is 0 Å². The third kappa shape index (κ3) is 3.22. The van der Waals surface area contributed by atoms with Crippen molar-refractivity contribution in [2.45, 2.75) is 20.3 Å². The van der Waals surface area contributed by atoms with Crippen molar-refractivity contribution in [2.75, 3.05) is 0 Å². The number of hydrogen-bond acceptors (Lipinski definition) is 5. The first-order valence-corrected chi connectivity index (χ1v) is 8.99. The fourth-order valence-electron chi connectivity index (χ4n) is 2.95. The fourth-order valence-corrected chi connectivity index (χ4v) is 2.95. The van der Waals surface area contributed by atoms with Crippen LogP contribution in [0, 0.1) is 6.92 Å². The molecule has 0 bridgehead atoms. The molecule has 28 heavy (non-hydrogen) atoms. The Morgan fingerprint density at radius 2 is 1.86 bits per heavy atom. The van der Waals surface area contributed by atoms with Crippen LogP contribution in [0.3, 0.4) is 0 Å². The van der Waals surface area contributed by atoms with Crippen molar-refractivity contribution >= 4 is 16.9 Å². The maximum atomic E-state index is 13.2. The summed E-state index contributed by atoms with van der Waals surface area (Å²) in [5.74, 6) is -0.412. The summed E-state index contributed by atoms with van der Waals surface area (Å²) in [6.45, 7) is 3.92. The number of carbonyl (C=O) groups excluding carboxylic acids is 1. The van der Waals surface area contributed by atoms with E-state index in [1.54, 1.807) is 48.5 Å². The number of benzene rings is 2. The van der Waals surface area contributed by atoms with Crippen LogP contribution in [0.2, 0.25) is 0 Å². The molecule has 4 rings (SSSR count). The number of furan rings is 1. The molecule has 5 nitrogen and oxygen atoms in total. The van der Waals surface area contributed by atoms with E-state index < -0.39 is 11.4 Å². The fraction of sp³-hybridized carbons (Fsp3) is 0.130. The molecule has 0 atom stereocenters.